The molecule has 1 aliphatic rings. The Bertz CT molecular complexity index is 3430. The van der Waals surface area contributed by atoms with Crippen LogP contribution in [0.2, 0.25) is 0 Å². The Kier molecular flexibility index (Phi) is 10.6. The average molecular weight is 1030 g/mol. The first-order valence-corrected chi connectivity index (χ1v) is 23.5. The molecule has 2 aromatic heterocycles. The van der Waals surface area contributed by atoms with Crippen LogP contribution in [0.3, 0.4) is 0 Å². The number of imidazole rings is 1. The molecule has 0 spiro atoms. The zero-order chi connectivity index (χ0) is 44.9. The summed E-state index contributed by atoms with van der Waals surface area (Å²) in [6, 6.07) is 73.8. The van der Waals surface area contributed by atoms with Crippen LogP contribution >= 0.6 is 0 Å². The summed E-state index contributed by atoms with van der Waals surface area (Å²) in [7, 11) is 0. The molecule has 0 atom stereocenters. The molecule has 66 heavy (non-hydrogen) atoms. The summed E-state index contributed by atoms with van der Waals surface area (Å²) >= 11 is 2.50. The minimum absolute atomic E-state index is 0.0741. The fourth-order valence-electron chi connectivity index (χ4n) is 9.21. The van der Waals surface area contributed by atoms with Crippen molar-refractivity contribution in [3.05, 3.63) is 227 Å². The molecule has 0 aliphatic carbocycles. The number of benzene rings is 8. The average Bonchev–Trinajstić information content (AvgIpc) is 3.64. The maximum atomic E-state index is 6.74. The van der Waals surface area contributed by atoms with E-state index >= 15 is 0 Å². The molecule has 0 amide bonds. The zero-order valence-electron chi connectivity index (χ0n) is 37.2. The van der Waals surface area contributed by atoms with Crippen LogP contribution in [-0.4, -0.2) is 14.1 Å². The van der Waals surface area contributed by atoms with Crippen molar-refractivity contribution in [2.75, 3.05) is 4.90 Å². The molecule has 0 saturated heterocycles. The Balaban J connectivity index is 1.02. The van der Waals surface area contributed by atoms with Crippen molar-refractivity contribution in [1.82, 2.24) is 14.1 Å². The summed E-state index contributed by atoms with van der Waals surface area (Å²) in [5, 5.41) is 0. The van der Waals surface area contributed by atoms with E-state index in [1.165, 1.54) is 27.8 Å². The van der Waals surface area contributed by atoms with Crippen molar-refractivity contribution in [2.45, 2.75) is 39.7 Å². The van der Waals surface area contributed by atoms with Gasteiger partial charge in [-0.3, -0.25) is 0 Å². The number of fused-ring (bicyclic) bond motifs is 4. The van der Waals surface area contributed by atoms with Crippen LogP contribution in [0.1, 0.15) is 37.5 Å². The van der Waals surface area contributed by atoms with Gasteiger partial charge < -0.3 is 0 Å². The van der Waals surface area contributed by atoms with E-state index in [-0.39, 0.29) is 5.41 Å². The number of anilines is 2. The van der Waals surface area contributed by atoms with E-state index in [9.17, 15) is 0 Å². The zero-order valence-corrected chi connectivity index (χ0v) is 39.5. The molecule has 0 saturated carbocycles. The SMILES string of the molecule is Cc1cc(N2Cc3ccccc3-c3ccc(Oc4[c-]c(-n5[c](=[Pt])n(-c6c(-c7ccccc7)cc(C(C)(C)C)cc6-c6ccccc6)c6ccccc65)ccc4)[c-]c32)ncc1-c1ccccc1. The summed E-state index contributed by atoms with van der Waals surface area (Å²) < 4.78 is 12.5. The molecule has 0 N–H and O–H groups in total. The number of para-hydroxylation sites is 2. The normalized spacial score (nSPS) is 12.2. The second-order valence-corrected chi connectivity index (χ2v) is 18.9. The van der Waals surface area contributed by atoms with E-state index < -0.39 is 0 Å². The summed E-state index contributed by atoms with van der Waals surface area (Å²) in [4.78, 5) is 7.29. The number of pyridine rings is 1. The first-order chi connectivity index (χ1) is 32.2. The number of aryl methyl sites for hydroxylation is 1. The molecule has 0 unspecified atom stereocenters. The molecule has 0 radical (unpaired) electrons. The number of nitrogens with zero attached hydrogens (tertiary/aromatic N) is 4. The molecule has 10 aromatic rings. The Morgan fingerprint density at radius 3 is 1.76 bits per heavy atom. The van der Waals surface area contributed by atoms with Gasteiger partial charge >= 0.3 is 321 Å². The third kappa shape index (κ3) is 7.53. The Morgan fingerprint density at radius 1 is 0.545 bits per heavy atom. The molecule has 11 rings (SSSR count). The monoisotopic (exact) mass is 1030 g/mol. The first kappa shape index (κ1) is 41.4. The standard InChI is InChI=1S/C60H46N4O.Pt/c1-41-33-58(61-38-54(41)44-23-12-7-13-24-44)62-39-45-25-14-15-28-50(45)51-32-31-49(37-57(51)62)65-48-27-18-26-47(36-48)63-40-64(56-30-17-16-29-55(56)63)59-52(42-19-8-5-9-20-42)34-46(60(2,3)4)35-53(59)43-21-10-6-11-22-43;/h5-35,38H,39H2,1-4H3;/q-2;. The van der Waals surface area contributed by atoms with Gasteiger partial charge in [0.2, 0.25) is 0 Å². The van der Waals surface area contributed by atoms with Crippen LogP contribution in [0.15, 0.2) is 194 Å². The van der Waals surface area contributed by atoms with Crippen molar-refractivity contribution < 1.29 is 24.1 Å². The van der Waals surface area contributed by atoms with Crippen molar-refractivity contribution in [3.8, 4) is 67.4 Å². The van der Waals surface area contributed by atoms with E-state index in [4.69, 9.17) is 9.72 Å². The van der Waals surface area contributed by atoms with E-state index in [0.717, 1.165) is 71.1 Å². The predicted molar refractivity (Wildman–Crippen MR) is 265 cm³/mol. The van der Waals surface area contributed by atoms with Crippen LogP contribution in [0.4, 0.5) is 11.5 Å². The number of hydrogen-bond donors (Lipinski definition) is 0. The predicted octanol–water partition coefficient (Wildman–Crippen LogP) is 15.2. The van der Waals surface area contributed by atoms with Crippen molar-refractivity contribution in [2.24, 2.45) is 0 Å². The smallest absolute Gasteiger partial charge is 0.0622 e. The van der Waals surface area contributed by atoms with Gasteiger partial charge in [-0.1, -0.05) is 48.5 Å². The summed E-state index contributed by atoms with van der Waals surface area (Å²) in [5.74, 6) is 2.06. The molecule has 8 aromatic carbocycles. The van der Waals surface area contributed by atoms with Crippen LogP contribution in [0.25, 0.3) is 66.9 Å². The van der Waals surface area contributed by atoms with Crippen molar-refractivity contribution in [3.63, 3.8) is 0 Å². The summed E-state index contributed by atoms with van der Waals surface area (Å²) in [5.41, 5.74) is 17.9. The van der Waals surface area contributed by atoms with Crippen LogP contribution < -0.4 is 9.64 Å². The maximum absolute atomic E-state index is 6.74. The van der Waals surface area contributed by atoms with Gasteiger partial charge in [0, 0.05) is 11.8 Å². The van der Waals surface area contributed by atoms with Gasteiger partial charge in [-0.05, 0) is 18.1 Å². The topological polar surface area (TPSA) is 35.2 Å². The quantitative estimate of drug-likeness (QED) is 0.142. The number of ether oxygens (including phenoxy) is 1. The fourth-order valence-corrected chi connectivity index (χ4v) is 10.3. The minimum atomic E-state index is -0.0741. The molecule has 1 aliphatic heterocycles. The summed E-state index contributed by atoms with van der Waals surface area (Å²) in [6.45, 7) is 9.69. The second-order valence-electron chi connectivity index (χ2n) is 17.9. The van der Waals surface area contributed by atoms with Crippen LogP contribution in [0, 0.1) is 22.9 Å². The van der Waals surface area contributed by atoms with Crippen LogP contribution in [0.5, 0.6) is 11.5 Å². The van der Waals surface area contributed by atoms with E-state index in [1.807, 2.05) is 30.5 Å². The van der Waals surface area contributed by atoms with Gasteiger partial charge in [-0.15, -0.1) is 0 Å². The number of rotatable bonds is 8. The molecule has 5 nitrogen and oxygen atoms in total. The third-order valence-electron chi connectivity index (χ3n) is 12.5. The van der Waals surface area contributed by atoms with Gasteiger partial charge in [0.1, 0.15) is 0 Å². The van der Waals surface area contributed by atoms with E-state index in [2.05, 4.69) is 237 Å². The minimum Gasteiger partial charge on any atom is -0.0622 e. The second kappa shape index (κ2) is 16.9. The molecular weight excluding hydrogens is 988 g/mol. The first-order valence-electron chi connectivity index (χ1n) is 22.3. The molecule has 6 heteroatoms. The number of hydrogen-bond acceptors (Lipinski definition) is 3. The van der Waals surface area contributed by atoms with Gasteiger partial charge in [0.25, 0.3) is 0 Å². The fraction of sp³-hybridized carbons (Fsp3) is 0.100. The number of aromatic nitrogens is 3. The molecule has 0 bridgehead atoms. The molecule has 0 fully saturated rings. The third-order valence-corrected chi connectivity index (χ3v) is 13.6. The molecule has 3 heterocycles. The van der Waals surface area contributed by atoms with Gasteiger partial charge in [-0.25, -0.2) is 0 Å². The molecule has 324 valence electrons. The van der Waals surface area contributed by atoms with Gasteiger partial charge in [0.05, 0.1) is 0 Å². The Hall–Kier alpha value is -7.33. The Labute approximate surface area is 397 Å². The van der Waals surface area contributed by atoms with Gasteiger partial charge in [0.15, 0.2) is 0 Å². The van der Waals surface area contributed by atoms with Crippen molar-refractivity contribution >= 4 is 22.5 Å². The van der Waals surface area contributed by atoms with Gasteiger partial charge in [-0.2, -0.15) is 0 Å². The van der Waals surface area contributed by atoms with E-state index in [0.29, 0.717) is 18.0 Å². The van der Waals surface area contributed by atoms with E-state index in [1.54, 1.807) is 0 Å². The summed E-state index contributed by atoms with van der Waals surface area (Å²) in [6.07, 6.45) is 1.99. The molecular formula is C60H46N4OPt-2. The van der Waals surface area contributed by atoms with Crippen molar-refractivity contribution in [1.29, 1.82) is 0 Å². The van der Waals surface area contributed by atoms with Crippen LogP contribution in [-0.2, 0) is 31.3 Å². The Morgan fingerprint density at radius 2 is 1.12 bits per heavy atom.